The largest absolute Gasteiger partial charge is 0.372 e. The quantitative estimate of drug-likeness (QED) is 0.392. The average Bonchev–Trinajstić information content (AvgIpc) is 3.11. The van der Waals surface area contributed by atoms with Crippen LogP contribution in [0.4, 0.5) is 17.2 Å². The molecular weight excluding hydrogens is 374 g/mol. The number of hydrogen-bond acceptors (Lipinski definition) is 6. The number of aromatic nitrogens is 2. The summed E-state index contributed by atoms with van der Waals surface area (Å²) < 4.78 is 1.54. The van der Waals surface area contributed by atoms with Crippen molar-refractivity contribution in [2.45, 2.75) is 0 Å². The second-order valence-electron chi connectivity index (χ2n) is 6.56. The molecule has 0 aliphatic carbocycles. The Balaban J connectivity index is 1.97. The molecular formula is C20H19N5O4. The van der Waals surface area contributed by atoms with E-state index in [0.29, 0.717) is 11.5 Å². The third-order valence-corrected chi connectivity index (χ3v) is 4.29. The molecule has 0 radical (unpaired) electrons. The first kappa shape index (κ1) is 19.7. The Kier molecular flexibility index (Phi) is 5.40. The molecule has 3 rings (SSSR count). The summed E-state index contributed by atoms with van der Waals surface area (Å²) in [6, 6.07) is 12.2. The van der Waals surface area contributed by atoms with Gasteiger partial charge in [0.1, 0.15) is 5.69 Å². The lowest BCUT2D eigenvalue weighted by Crippen LogP contribution is -2.17. The average molecular weight is 393 g/mol. The van der Waals surface area contributed by atoms with Crippen LogP contribution >= 0.6 is 0 Å². The van der Waals surface area contributed by atoms with Crippen LogP contribution in [-0.4, -0.2) is 40.5 Å². The van der Waals surface area contributed by atoms with Crippen molar-refractivity contribution in [2.75, 3.05) is 24.3 Å². The Hall–Kier alpha value is -4.01. The topological polar surface area (TPSA) is 110 Å². The normalized spacial score (nSPS) is 10.4. The summed E-state index contributed by atoms with van der Waals surface area (Å²) in [5, 5.41) is 18.1. The second-order valence-corrected chi connectivity index (χ2v) is 6.56. The van der Waals surface area contributed by atoms with E-state index in [0.717, 1.165) is 0 Å². The summed E-state index contributed by atoms with van der Waals surface area (Å²) in [5.41, 5.74) is 0.625. The minimum Gasteiger partial charge on any atom is -0.372 e. The zero-order valence-corrected chi connectivity index (χ0v) is 16.1. The standard InChI is InChI=1S/C20H19N5O4/c1-23(2)16-9-8-13(12-17(16)25(28)29)19(26)14-6-4-5-7-15(14)20(27)21-18-10-11-24(3)22-18/h4-12H,1-3H3,(H,21,22,27). The van der Waals surface area contributed by atoms with Crippen LogP contribution in [0.15, 0.2) is 54.7 Å². The number of ketones is 1. The van der Waals surface area contributed by atoms with E-state index in [9.17, 15) is 19.7 Å². The fourth-order valence-corrected chi connectivity index (χ4v) is 2.89. The van der Waals surface area contributed by atoms with Gasteiger partial charge in [0.15, 0.2) is 11.6 Å². The molecule has 0 saturated carbocycles. The van der Waals surface area contributed by atoms with Gasteiger partial charge in [0.2, 0.25) is 0 Å². The van der Waals surface area contributed by atoms with E-state index < -0.39 is 16.6 Å². The van der Waals surface area contributed by atoms with Gasteiger partial charge in [-0.2, -0.15) is 5.10 Å². The molecule has 2 aromatic carbocycles. The number of nitrogens with one attached hydrogen (secondary N) is 1. The first-order chi connectivity index (χ1) is 13.8. The van der Waals surface area contributed by atoms with Crippen molar-refractivity contribution in [3.8, 4) is 0 Å². The zero-order chi connectivity index (χ0) is 21.1. The minimum atomic E-state index is -0.536. The summed E-state index contributed by atoms with van der Waals surface area (Å²) in [6.07, 6.45) is 1.68. The van der Waals surface area contributed by atoms with Gasteiger partial charge in [0, 0.05) is 50.6 Å². The SMILES string of the molecule is CN(C)c1ccc(C(=O)c2ccccc2C(=O)Nc2ccn(C)n2)cc1[N+](=O)[O-]. The maximum absolute atomic E-state index is 13.0. The van der Waals surface area contributed by atoms with Crippen LogP contribution in [0.3, 0.4) is 0 Å². The predicted octanol–water partition coefficient (Wildman–Crippen LogP) is 2.88. The van der Waals surface area contributed by atoms with Crippen LogP contribution in [0.25, 0.3) is 0 Å². The van der Waals surface area contributed by atoms with Crippen molar-refractivity contribution in [3.63, 3.8) is 0 Å². The number of carbonyl (C=O) groups excluding carboxylic acids is 2. The van der Waals surface area contributed by atoms with Crippen LogP contribution < -0.4 is 10.2 Å². The Morgan fingerprint density at radius 3 is 2.38 bits per heavy atom. The van der Waals surface area contributed by atoms with E-state index in [4.69, 9.17) is 0 Å². The summed E-state index contributed by atoms with van der Waals surface area (Å²) in [6.45, 7) is 0. The van der Waals surface area contributed by atoms with E-state index in [1.54, 1.807) is 50.4 Å². The van der Waals surface area contributed by atoms with Crippen LogP contribution in [-0.2, 0) is 7.05 Å². The lowest BCUT2D eigenvalue weighted by molar-refractivity contribution is -0.384. The van der Waals surface area contributed by atoms with Crippen LogP contribution in [0, 0.1) is 10.1 Å². The third kappa shape index (κ3) is 4.13. The van der Waals surface area contributed by atoms with Gasteiger partial charge in [-0.1, -0.05) is 18.2 Å². The Bertz CT molecular complexity index is 1100. The highest BCUT2D eigenvalue weighted by atomic mass is 16.6. The van der Waals surface area contributed by atoms with Gasteiger partial charge in [-0.3, -0.25) is 24.4 Å². The Morgan fingerprint density at radius 1 is 1.10 bits per heavy atom. The van der Waals surface area contributed by atoms with Gasteiger partial charge in [-0.25, -0.2) is 0 Å². The van der Waals surface area contributed by atoms with E-state index in [2.05, 4.69) is 10.4 Å². The van der Waals surface area contributed by atoms with E-state index >= 15 is 0 Å². The number of amides is 1. The molecule has 9 nitrogen and oxygen atoms in total. The first-order valence-electron chi connectivity index (χ1n) is 8.68. The van der Waals surface area contributed by atoms with Crippen LogP contribution in [0.2, 0.25) is 0 Å². The predicted molar refractivity (Wildman–Crippen MR) is 108 cm³/mol. The molecule has 3 aromatic rings. The summed E-state index contributed by atoms with van der Waals surface area (Å²) in [7, 11) is 5.08. The van der Waals surface area contributed by atoms with E-state index in [-0.39, 0.29) is 22.4 Å². The molecule has 0 saturated heterocycles. The lowest BCUT2D eigenvalue weighted by Gasteiger charge is -2.14. The van der Waals surface area contributed by atoms with Crippen molar-refractivity contribution < 1.29 is 14.5 Å². The molecule has 1 amide bonds. The summed E-state index contributed by atoms with van der Waals surface area (Å²) in [4.78, 5) is 38.2. The number of benzene rings is 2. The molecule has 29 heavy (non-hydrogen) atoms. The lowest BCUT2D eigenvalue weighted by atomic mass is 9.97. The van der Waals surface area contributed by atoms with Gasteiger partial charge in [-0.15, -0.1) is 0 Å². The smallest absolute Gasteiger partial charge is 0.293 e. The van der Waals surface area contributed by atoms with Gasteiger partial charge in [0.05, 0.1) is 10.5 Å². The van der Waals surface area contributed by atoms with Gasteiger partial charge < -0.3 is 10.2 Å². The van der Waals surface area contributed by atoms with Crippen molar-refractivity contribution >= 4 is 28.9 Å². The first-order valence-corrected chi connectivity index (χ1v) is 8.68. The number of hydrogen-bond donors (Lipinski definition) is 1. The Morgan fingerprint density at radius 2 is 1.79 bits per heavy atom. The fourth-order valence-electron chi connectivity index (χ4n) is 2.89. The maximum Gasteiger partial charge on any atom is 0.293 e. The van der Waals surface area contributed by atoms with Gasteiger partial charge in [0.25, 0.3) is 11.6 Å². The van der Waals surface area contributed by atoms with Crippen molar-refractivity contribution in [1.29, 1.82) is 0 Å². The number of nitro groups is 1. The molecule has 148 valence electrons. The molecule has 0 aliphatic heterocycles. The van der Waals surface area contributed by atoms with E-state index in [1.165, 1.54) is 35.0 Å². The third-order valence-electron chi connectivity index (χ3n) is 4.29. The van der Waals surface area contributed by atoms with Crippen LogP contribution in [0.5, 0.6) is 0 Å². The second kappa shape index (κ2) is 7.93. The van der Waals surface area contributed by atoms with E-state index in [1.807, 2.05) is 0 Å². The molecule has 0 unspecified atom stereocenters. The van der Waals surface area contributed by atoms with Crippen LogP contribution in [0.1, 0.15) is 26.3 Å². The number of rotatable bonds is 6. The molecule has 1 heterocycles. The molecule has 0 fully saturated rings. The Labute approximate surface area is 166 Å². The monoisotopic (exact) mass is 393 g/mol. The highest BCUT2D eigenvalue weighted by Gasteiger charge is 2.23. The number of aryl methyl sites for hydroxylation is 1. The zero-order valence-electron chi connectivity index (χ0n) is 16.1. The molecule has 0 spiro atoms. The van der Waals surface area contributed by atoms with Crippen molar-refractivity contribution in [2.24, 2.45) is 7.05 Å². The number of nitrogens with zero attached hydrogens (tertiary/aromatic N) is 4. The summed E-state index contributed by atoms with van der Waals surface area (Å²) in [5.74, 6) is -0.622. The van der Waals surface area contributed by atoms with Gasteiger partial charge in [-0.05, 0) is 18.2 Å². The number of carbonyl (C=O) groups is 2. The molecule has 0 atom stereocenters. The summed E-state index contributed by atoms with van der Waals surface area (Å²) >= 11 is 0. The van der Waals surface area contributed by atoms with Crippen molar-refractivity contribution in [1.82, 2.24) is 9.78 Å². The maximum atomic E-state index is 13.0. The molecule has 1 aromatic heterocycles. The number of anilines is 2. The molecule has 9 heteroatoms. The molecule has 0 aliphatic rings. The van der Waals surface area contributed by atoms with Crippen molar-refractivity contribution in [3.05, 3.63) is 81.5 Å². The minimum absolute atomic E-state index is 0.125. The number of nitro benzene ring substituents is 1. The van der Waals surface area contributed by atoms with Gasteiger partial charge >= 0.3 is 0 Å². The molecule has 1 N–H and O–H groups in total. The molecule has 0 bridgehead atoms. The fraction of sp³-hybridized carbons (Fsp3) is 0.150. The highest BCUT2D eigenvalue weighted by molar-refractivity contribution is 6.17. The highest BCUT2D eigenvalue weighted by Crippen LogP contribution is 2.29.